The second-order valence-corrected chi connectivity index (χ2v) is 4.17. The van der Waals surface area contributed by atoms with Crippen molar-refractivity contribution in [3.8, 4) is 11.5 Å². The Morgan fingerprint density at radius 2 is 2.11 bits per heavy atom. The fourth-order valence-corrected chi connectivity index (χ4v) is 1.76. The highest BCUT2D eigenvalue weighted by molar-refractivity contribution is 6.04. The third kappa shape index (κ3) is 2.67. The molecule has 3 N–H and O–H groups in total. The first-order chi connectivity index (χ1) is 9.01. The fourth-order valence-electron chi connectivity index (χ4n) is 1.76. The number of amides is 1. The maximum absolute atomic E-state index is 12.0. The number of carbonyl (C=O) groups excluding carboxylic acids is 1. The van der Waals surface area contributed by atoms with Crippen LogP contribution in [0, 0.1) is 0 Å². The van der Waals surface area contributed by atoms with Crippen LogP contribution in [-0.4, -0.2) is 25.9 Å². The van der Waals surface area contributed by atoms with Crippen LogP contribution in [0.4, 0.5) is 5.69 Å². The van der Waals surface area contributed by atoms with Crippen LogP contribution >= 0.6 is 0 Å². The Labute approximate surface area is 110 Å². The van der Waals surface area contributed by atoms with Gasteiger partial charge in [0.1, 0.15) is 0 Å². The van der Waals surface area contributed by atoms with Gasteiger partial charge in [-0.1, -0.05) is 6.92 Å². The molecule has 6 nitrogen and oxygen atoms in total. The molecular weight excluding hydrogens is 246 g/mol. The van der Waals surface area contributed by atoms with Gasteiger partial charge < -0.3 is 15.5 Å². The van der Waals surface area contributed by atoms with E-state index in [-0.39, 0.29) is 23.0 Å². The number of phenols is 2. The predicted molar refractivity (Wildman–Crippen MR) is 70.3 cm³/mol. The zero-order valence-electron chi connectivity index (χ0n) is 10.7. The van der Waals surface area contributed by atoms with Gasteiger partial charge in [0.05, 0.1) is 11.4 Å². The van der Waals surface area contributed by atoms with Gasteiger partial charge in [0.15, 0.2) is 11.5 Å². The van der Waals surface area contributed by atoms with Gasteiger partial charge in [-0.15, -0.1) is 0 Å². The molecule has 1 heterocycles. The van der Waals surface area contributed by atoms with Crippen LogP contribution in [0.15, 0.2) is 24.4 Å². The van der Waals surface area contributed by atoms with Crippen LogP contribution in [0.5, 0.6) is 11.5 Å². The van der Waals surface area contributed by atoms with Gasteiger partial charge in [-0.3, -0.25) is 9.48 Å². The predicted octanol–water partition coefficient (Wildman–Crippen LogP) is 1.65. The number of aryl methyl sites for hydroxylation is 2. The van der Waals surface area contributed by atoms with E-state index in [2.05, 4.69) is 10.4 Å². The molecule has 100 valence electrons. The second-order valence-electron chi connectivity index (χ2n) is 4.17. The van der Waals surface area contributed by atoms with Crippen LogP contribution < -0.4 is 5.32 Å². The highest BCUT2D eigenvalue weighted by atomic mass is 16.3. The molecule has 0 aliphatic heterocycles. The van der Waals surface area contributed by atoms with Crippen molar-refractivity contribution in [1.29, 1.82) is 0 Å². The Bertz CT molecular complexity index is 620. The first-order valence-corrected chi connectivity index (χ1v) is 5.87. The molecule has 1 aromatic heterocycles. The van der Waals surface area contributed by atoms with Gasteiger partial charge >= 0.3 is 0 Å². The van der Waals surface area contributed by atoms with E-state index < -0.39 is 0 Å². The van der Waals surface area contributed by atoms with E-state index in [4.69, 9.17) is 0 Å². The minimum atomic E-state index is -0.363. The summed E-state index contributed by atoms with van der Waals surface area (Å²) in [4.78, 5) is 12.0. The number of hydrogen-bond acceptors (Lipinski definition) is 4. The minimum absolute atomic E-state index is 0.257. The van der Waals surface area contributed by atoms with Crippen molar-refractivity contribution in [1.82, 2.24) is 9.78 Å². The SMILES string of the molecule is CCc1nn(C)cc1NC(=O)c1ccc(O)c(O)c1. The second kappa shape index (κ2) is 5.01. The molecule has 0 atom stereocenters. The third-order valence-electron chi connectivity index (χ3n) is 2.73. The van der Waals surface area contributed by atoms with E-state index in [0.29, 0.717) is 12.1 Å². The number of nitrogens with one attached hydrogen (secondary N) is 1. The van der Waals surface area contributed by atoms with Crippen molar-refractivity contribution in [2.45, 2.75) is 13.3 Å². The molecule has 0 spiro atoms. The van der Waals surface area contributed by atoms with E-state index in [9.17, 15) is 15.0 Å². The van der Waals surface area contributed by atoms with Gasteiger partial charge in [-0.05, 0) is 24.6 Å². The number of aromatic nitrogens is 2. The standard InChI is InChI=1S/C13H15N3O3/c1-3-9-10(7-16(2)15-9)14-13(19)8-4-5-11(17)12(18)6-8/h4-7,17-18H,3H2,1-2H3,(H,14,19). The van der Waals surface area contributed by atoms with E-state index in [1.165, 1.54) is 18.2 Å². The molecule has 0 aliphatic carbocycles. The monoisotopic (exact) mass is 261 g/mol. The largest absolute Gasteiger partial charge is 0.504 e. The topological polar surface area (TPSA) is 87.4 Å². The summed E-state index contributed by atoms with van der Waals surface area (Å²) in [7, 11) is 1.78. The molecular formula is C13H15N3O3. The lowest BCUT2D eigenvalue weighted by Gasteiger charge is -2.05. The van der Waals surface area contributed by atoms with E-state index in [1.54, 1.807) is 17.9 Å². The van der Waals surface area contributed by atoms with E-state index >= 15 is 0 Å². The Kier molecular flexibility index (Phi) is 3.41. The third-order valence-corrected chi connectivity index (χ3v) is 2.73. The first-order valence-electron chi connectivity index (χ1n) is 5.87. The molecule has 2 aromatic rings. The number of anilines is 1. The maximum Gasteiger partial charge on any atom is 0.255 e. The van der Waals surface area contributed by atoms with Crippen LogP contribution in [0.2, 0.25) is 0 Å². The highest BCUT2D eigenvalue weighted by Gasteiger charge is 2.12. The normalized spacial score (nSPS) is 10.4. The molecule has 1 aromatic carbocycles. The molecule has 0 bridgehead atoms. The van der Waals surface area contributed by atoms with Gasteiger partial charge in [0.2, 0.25) is 0 Å². The summed E-state index contributed by atoms with van der Waals surface area (Å²) in [6.45, 7) is 1.95. The molecule has 0 unspecified atom stereocenters. The Balaban J connectivity index is 2.22. The summed E-state index contributed by atoms with van der Waals surface area (Å²) in [6, 6.07) is 3.92. The summed E-state index contributed by atoms with van der Waals surface area (Å²) < 4.78 is 1.63. The first kappa shape index (κ1) is 12.9. The average molecular weight is 261 g/mol. The number of benzene rings is 1. The molecule has 0 aliphatic rings. The smallest absolute Gasteiger partial charge is 0.255 e. The van der Waals surface area contributed by atoms with Gasteiger partial charge in [0.25, 0.3) is 5.91 Å². The summed E-state index contributed by atoms with van der Waals surface area (Å²) in [5.41, 5.74) is 1.70. The summed E-state index contributed by atoms with van der Waals surface area (Å²) in [5.74, 6) is -0.945. The summed E-state index contributed by atoms with van der Waals surface area (Å²) in [5, 5.41) is 25.5. The maximum atomic E-state index is 12.0. The van der Waals surface area contributed by atoms with Crippen LogP contribution in [0.1, 0.15) is 23.0 Å². The van der Waals surface area contributed by atoms with Crippen molar-refractivity contribution in [3.63, 3.8) is 0 Å². The number of phenolic OH excluding ortho intramolecular Hbond substituents is 2. The average Bonchev–Trinajstić information content (AvgIpc) is 2.72. The summed E-state index contributed by atoms with van der Waals surface area (Å²) in [6.07, 6.45) is 2.42. The summed E-state index contributed by atoms with van der Waals surface area (Å²) >= 11 is 0. The molecule has 19 heavy (non-hydrogen) atoms. The van der Waals surface area contributed by atoms with Crippen molar-refractivity contribution in [2.24, 2.45) is 7.05 Å². The lowest BCUT2D eigenvalue weighted by atomic mass is 10.2. The zero-order chi connectivity index (χ0) is 14.0. The number of rotatable bonds is 3. The fraction of sp³-hybridized carbons (Fsp3) is 0.231. The molecule has 6 heteroatoms. The molecule has 0 fully saturated rings. The lowest BCUT2D eigenvalue weighted by Crippen LogP contribution is -2.12. The van der Waals surface area contributed by atoms with Gasteiger partial charge in [0, 0.05) is 18.8 Å². The van der Waals surface area contributed by atoms with Gasteiger partial charge in [-0.2, -0.15) is 5.10 Å². The Morgan fingerprint density at radius 3 is 2.74 bits per heavy atom. The van der Waals surface area contributed by atoms with E-state index in [0.717, 1.165) is 5.69 Å². The Hall–Kier alpha value is -2.50. The number of aromatic hydroxyl groups is 2. The highest BCUT2D eigenvalue weighted by Crippen LogP contribution is 2.25. The van der Waals surface area contributed by atoms with Crippen molar-refractivity contribution >= 4 is 11.6 Å². The number of nitrogens with zero attached hydrogens (tertiary/aromatic N) is 2. The number of hydrogen-bond donors (Lipinski definition) is 3. The number of carbonyl (C=O) groups is 1. The molecule has 0 saturated heterocycles. The van der Waals surface area contributed by atoms with Crippen LogP contribution in [0.25, 0.3) is 0 Å². The van der Waals surface area contributed by atoms with Crippen molar-refractivity contribution in [2.75, 3.05) is 5.32 Å². The minimum Gasteiger partial charge on any atom is -0.504 e. The van der Waals surface area contributed by atoms with Gasteiger partial charge in [-0.25, -0.2) is 0 Å². The van der Waals surface area contributed by atoms with Crippen molar-refractivity contribution < 1.29 is 15.0 Å². The van der Waals surface area contributed by atoms with Crippen LogP contribution in [-0.2, 0) is 13.5 Å². The van der Waals surface area contributed by atoms with E-state index in [1.807, 2.05) is 6.92 Å². The van der Waals surface area contributed by atoms with Crippen LogP contribution in [0.3, 0.4) is 0 Å². The Morgan fingerprint density at radius 1 is 1.37 bits per heavy atom. The molecule has 0 saturated carbocycles. The zero-order valence-corrected chi connectivity index (χ0v) is 10.7. The molecule has 2 rings (SSSR count). The molecule has 0 radical (unpaired) electrons. The lowest BCUT2D eigenvalue weighted by molar-refractivity contribution is 0.102. The quantitative estimate of drug-likeness (QED) is 0.733. The molecule has 1 amide bonds. The van der Waals surface area contributed by atoms with Crippen molar-refractivity contribution in [3.05, 3.63) is 35.7 Å².